The van der Waals surface area contributed by atoms with E-state index in [1.807, 2.05) is 11.0 Å². The molecule has 1 saturated heterocycles. The van der Waals surface area contributed by atoms with Crippen LogP contribution in [0.1, 0.15) is 19.4 Å². The number of carbonyl (C=O) groups is 1. The van der Waals surface area contributed by atoms with Gasteiger partial charge in [-0.25, -0.2) is 0 Å². The zero-order valence-electron chi connectivity index (χ0n) is 10.6. The maximum Gasteiger partial charge on any atom is 0.219 e. The number of benzene rings is 1. The predicted octanol–water partition coefficient (Wildman–Crippen LogP) is 1.74. The summed E-state index contributed by atoms with van der Waals surface area (Å²) in [5.74, 6) is 0.192. The van der Waals surface area contributed by atoms with Gasteiger partial charge >= 0.3 is 0 Å². The zero-order chi connectivity index (χ0) is 12.3. The van der Waals surface area contributed by atoms with Crippen molar-refractivity contribution in [2.45, 2.75) is 26.4 Å². The third-order valence-electron chi connectivity index (χ3n) is 3.37. The zero-order valence-corrected chi connectivity index (χ0v) is 10.6. The van der Waals surface area contributed by atoms with E-state index >= 15 is 0 Å². The molecule has 0 spiro atoms. The van der Waals surface area contributed by atoms with Gasteiger partial charge in [-0.3, -0.25) is 9.69 Å². The van der Waals surface area contributed by atoms with E-state index in [-0.39, 0.29) is 5.91 Å². The Bertz CT molecular complexity index is 377. The number of carbonyl (C=O) groups excluding carboxylic acids is 1. The van der Waals surface area contributed by atoms with E-state index in [0.717, 1.165) is 26.2 Å². The van der Waals surface area contributed by atoms with Gasteiger partial charge in [0, 0.05) is 39.1 Å². The monoisotopic (exact) mass is 232 g/mol. The summed E-state index contributed by atoms with van der Waals surface area (Å²) in [5, 5.41) is 0. The minimum Gasteiger partial charge on any atom is -0.338 e. The molecule has 17 heavy (non-hydrogen) atoms. The molecule has 1 heterocycles. The van der Waals surface area contributed by atoms with Crippen LogP contribution in [-0.2, 0) is 11.3 Å². The number of piperazine rings is 1. The third kappa shape index (κ3) is 3.07. The van der Waals surface area contributed by atoms with Crippen molar-refractivity contribution >= 4 is 5.91 Å². The van der Waals surface area contributed by atoms with Crippen LogP contribution in [0.5, 0.6) is 0 Å². The highest BCUT2D eigenvalue weighted by Gasteiger charge is 2.24. The summed E-state index contributed by atoms with van der Waals surface area (Å²) >= 11 is 0. The highest BCUT2D eigenvalue weighted by atomic mass is 16.2. The van der Waals surface area contributed by atoms with Crippen LogP contribution < -0.4 is 0 Å². The fraction of sp³-hybridized carbons (Fsp3) is 0.500. The van der Waals surface area contributed by atoms with E-state index in [9.17, 15) is 4.79 Å². The van der Waals surface area contributed by atoms with Crippen LogP contribution in [0.25, 0.3) is 0 Å². The molecular weight excluding hydrogens is 212 g/mol. The Balaban J connectivity index is 1.92. The van der Waals surface area contributed by atoms with E-state index in [4.69, 9.17) is 0 Å². The summed E-state index contributed by atoms with van der Waals surface area (Å²) in [6, 6.07) is 10.8. The predicted molar refractivity (Wildman–Crippen MR) is 68.6 cm³/mol. The SMILES string of the molecule is CC(=O)N1CCN(Cc2ccccc2)C[C@H]1C. The van der Waals surface area contributed by atoms with E-state index < -0.39 is 0 Å². The van der Waals surface area contributed by atoms with Gasteiger partial charge in [0.05, 0.1) is 0 Å². The summed E-state index contributed by atoms with van der Waals surface area (Å²) in [4.78, 5) is 15.8. The Morgan fingerprint density at radius 3 is 2.59 bits per heavy atom. The lowest BCUT2D eigenvalue weighted by molar-refractivity contribution is -0.133. The van der Waals surface area contributed by atoms with Gasteiger partial charge in [0.2, 0.25) is 5.91 Å². The van der Waals surface area contributed by atoms with Gasteiger partial charge < -0.3 is 4.90 Å². The normalized spacial score (nSPS) is 21.5. The smallest absolute Gasteiger partial charge is 0.219 e. The van der Waals surface area contributed by atoms with Crippen LogP contribution in [0.3, 0.4) is 0 Å². The molecule has 1 aliphatic heterocycles. The molecule has 3 nitrogen and oxygen atoms in total. The van der Waals surface area contributed by atoms with Crippen molar-refractivity contribution in [2.24, 2.45) is 0 Å². The van der Waals surface area contributed by atoms with Gasteiger partial charge in [-0.2, -0.15) is 0 Å². The first kappa shape index (κ1) is 12.1. The molecule has 1 atom stereocenters. The molecule has 0 aliphatic carbocycles. The first-order chi connectivity index (χ1) is 8.16. The lowest BCUT2D eigenvalue weighted by Crippen LogP contribution is -2.52. The Labute approximate surface area is 103 Å². The Hall–Kier alpha value is -1.35. The number of nitrogens with zero attached hydrogens (tertiary/aromatic N) is 2. The molecule has 0 unspecified atom stereocenters. The molecule has 0 radical (unpaired) electrons. The molecule has 1 fully saturated rings. The maximum absolute atomic E-state index is 11.4. The summed E-state index contributed by atoms with van der Waals surface area (Å²) in [5.41, 5.74) is 1.34. The molecular formula is C14H20N2O. The number of rotatable bonds is 2. The summed E-state index contributed by atoms with van der Waals surface area (Å²) in [6.07, 6.45) is 0. The topological polar surface area (TPSA) is 23.6 Å². The van der Waals surface area contributed by atoms with Gasteiger partial charge in [0.15, 0.2) is 0 Å². The Morgan fingerprint density at radius 2 is 2.00 bits per heavy atom. The molecule has 1 aromatic rings. The third-order valence-corrected chi connectivity index (χ3v) is 3.37. The second kappa shape index (κ2) is 5.32. The lowest BCUT2D eigenvalue weighted by atomic mass is 10.1. The van der Waals surface area contributed by atoms with Gasteiger partial charge in [-0.05, 0) is 12.5 Å². The first-order valence-corrected chi connectivity index (χ1v) is 6.20. The summed E-state index contributed by atoms with van der Waals surface area (Å²) in [7, 11) is 0. The molecule has 0 bridgehead atoms. The lowest BCUT2D eigenvalue weighted by Gasteiger charge is -2.39. The average molecular weight is 232 g/mol. The Kier molecular flexibility index (Phi) is 3.79. The number of hydrogen-bond acceptors (Lipinski definition) is 2. The van der Waals surface area contributed by atoms with Crippen molar-refractivity contribution < 1.29 is 4.79 Å². The molecule has 2 rings (SSSR count). The van der Waals surface area contributed by atoms with E-state index in [0.29, 0.717) is 6.04 Å². The van der Waals surface area contributed by atoms with Crippen LogP contribution in [0.4, 0.5) is 0 Å². The van der Waals surface area contributed by atoms with E-state index in [1.54, 1.807) is 6.92 Å². The van der Waals surface area contributed by atoms with E-state index in [2.05, 4.69) is 36.1 Å². The molecule has 0 saturated carbocycles. The molecule has 3 heteroatoms. The molecule has 1 amide bonds. The number of amides is 1. The molecule has 0 N–H and O–H groups in total. The fourth-order valence-electron chi connectivity index (χ4n) is 2.49. The van der Waals surface area contributed by atoms with Crippen LogP contribution in [0, 0.1) is 0 Å². The van der Waals surface area contributed by atoms with Crippen molar-refractivity contribution in [3.63, 3.8) is 0 Å². The van der Waals surface area contributed by atoms with Gasteiger partial charge in [-0.15, -0.1) is 0 Å². The standard InChI is InChI=1S/C14H20N2O/c1-12-10-15(8-9-16(12)13(2)17)11-14-6-4-3-5-7-14/h3-7,12H,8-11H2,1-2H3/t12-/m1/s1. The van der Waals surface area contributed by atoms with Gasteiger partial charge in [0.1, 0.15) is 0 Å². The van der Waals surface area contributed by atoms with Crippen molar-refractivity contribution in [3.8, 4) is 0 Å². The molecule has 0 aromatic heterocycles. The second-order valence-electron chi connectivity index (χ2n) is 4.78. The summed E-state index contributed by atoms with van der Waals surface area (Å²) in [6.45, 7) is 7.55. The molecule has 1 aromatic carbocycles. The van der Waals surface area contributed by atoms with Gasteiger partial charge in [0.25, 0.3) is 0 Å². The minimum absolute atomic E-state index is 0.192. The van der Waals surface area contributed by atoms with Gasteiger partial charge in [-0.1, -0.05) is 30.3 Å². The minimum atomic E-state index is 0.192. The first-order valence-electron chi connectivity index (χ1n) is 6.20. The van der Waals surface area contributed by atoms with Crippen molar-refractivity contribution in [1.82, 2.24) is 9.80 Å². The van der Waals surface area contributed by atoms with Crippen LogP contribution in [0.2, 0.25) is 0 Å². The highest BCUT2D eigenvalue weighted by molar-refractivity contribution is 5.73. The average Bonchev–Trinajstić information content (AvgIpc) is 2.30. The highest BCUT2D eigenvalue weighted by Crippen LogP contribution is 2.12. The number of hydrogen-bond donors (Lipinski definition) is 0. The van der Waals surface area contributed by atoms with Crippen molar-refractivity contribution in [3.05, 3.63) is 35.9 Å². The second-order valence-corrected chi connectivity index (χ2v) is 4.78. The van der Waals surface area contributed by atoms with E-state index in [1.165, 1.54) is 5.56 Å². The van der Waals surface area contributed by atoms with Crippen LogP contribution in [0.15, 0.2) is 30.3 Å². The quantitative estimate of drug-likeness (QED) is 0.775. The molecule has 1 aliphatic rings. The van der Waals surface area contributed by atoms with Crippen molar-refractivity contribution in [1.29, 1.82) is 0 Å². The Morgan fingerprint density at radius 1 is 1.29 bits per heavy atom. The largest absolute Gasteiger partial charge is 0.338 e. The molecule has 92 valence electrons. The van der Waals surface area contributed by atoms with Crippen LogP contribution >= 0.6 is 0 Å². The fourth-order valence-corrected chi connectivity index (χ4v) is 2.49. The van der Waals surface area contributed by atoms with Crippen molar-refractivity contribution in [2.75, 3.05) is 19.6 Å². The maximum atomic E-state index is 11.4. The van der Waals surface area contributed by atoms with Crippen LogP contribution in [-0.4, -0.2) is 41.4 Å². The summed E-state index contributed by atoms with van der Waals surface area (Å²) < 4.78 is 0.